The molecule has 0 bridgehead atoms. The number of hydrogen-bond acceptors (Lipinski definition) is 4. The van der Waals surface area contributed by atoms with Crippen LogP contribution in [0.3, 0.4) is 0 Å². The second-order valence-electron chi connectivity index (χ2n) is 3.84. The average molecular weight is 236 g/mol. The second-order valence-corrected chi connectivity index (χ2v) is 3.84. The topological polar surface area (TPSA) is 66.0 Å². The molecule has 1 amide bonds. The van der Waals surface area contributed by atoms with Gasteiger partial charge in [-0.25, -0.2) is 4.98 Å². The molecule has 0 aliphatic rings. The van der Waals surface area contributed by atoms with Gasteiger partial charge < -0.3 is 16.0 Å². The van der Waals surface area contributed by atoms with Crippen molar-refractivity contribution in [2.45, 2.75) is 26.3 Å². The van der Waals surface area contributed by atoms with Crippen molar-refractivity contribution >= 4 is 17.4 Å². The maximum Gasteiger partial charge on any atom is 0.241 e. The molecule has 0 radical (unpaired) electrons. The molecular weight excluding hydrogens is 216 g/mol. The summed E-state index contributed by atoms with van der Waals surface area (Å²) in [7, 11) is 1.63. The van der Waals surface area contributed by atoms with Crippen LogP contribution in [0.2, 0.25) is 0 Å². The molecular formula is C12H20N4O. The lowest BCUT2D eigenvalue weighted by atomic mass is 10.3. The van der Waals surface area contributed by atoms with E-state index in [2.05, 4.69) is 27.9 Å². The third kappa shape index (κ3) is 4.30. The van der Waals surface area contributed by atoms with Gasteiger partial charge in [0, 0.05) is 31.5 Å². The van der Waals surface area contributed by atoms with Gasteiger partial charge >= 0.3 is 0 Å². The van der Waals surface area contributed by atoms with Crippen molar-refractivity contribution < 1.29 is 4.79 Å². The zero-order valence-electron chi connectivity index (χ0n) is 10.6. The Hall–Kier alpha value is -1.78. The highest BCUT2D eigenvalue weighted by Gasteiger charge is 2.10. The Morgan fingerprint density at radius 1 is 1.53 bits per heavy atom. The maximum absolute atomic E-state index is 11.4. The fourth-order valence-corrected chi connectivity index (χ4v) is 1.40. The first kappa shape index (κ1) is 13.3. The zero-order valence-corrected chi connectivity index (χ0v) is 10.6. The van der Waals surface area contributed by atoms with Gasteiger partial charge in [0.05, 0.1) is 0 Å². The molecule has 5 heteroatoms. The molecule has 0 fully saturated rings. The minimum absolute atomic E-state index is 0.0371. The summed E-state index contributed by atoms with van der Waals surface area (Å²) in [6.07, 6.45) is 2.77. The maximum atomic E-state index is 11.4. The van der Waals surface area contributed by atoms with Crippen LogP contribution in [0, 0.1) is 0 Å². The van der Waals surface area contributed by atoms with Crippen LogP contribution >= 0.6 is 0 Å². The number of anilines is 2. The molecule has 0 saturated heterocycles. The Kier molecular flexibility index (Phi) is 5.26. The van der Waals surface area contributed by atoms with E-state index in [1.54, 1.807) is 13.2 Å². The fourth-order valence-electron chi connectivity index (χ4n) is 1.40. The normalized spacial score (nSPS) is 11.7. The average Bonchev–Trinajstić information content (AvgIpc) is 2.35. The Morgan fingerprint density at radius 2 is 2.29 bits per heavy atom. The first-order chi connectivity index (χ1) is 8.17. The van der Waals surface area contributed by atoms with Gasteiger partial charge in [-0.15, -0.1) is 0 Å². The van der Waals surface area contributed by atoms with E-state index < -0.39 is 0 Å². The van der Waals surface area contributed by atoms with Gasteiger partial charge in [0.25, 0.3) is 0 Å². The summed E-state index contributed by atoms with van der Waals surface area (Å²) >= 11 is 0. The molecule has 5 nitrogen and oxygen atoms in total. The SMILES string of the molecule is CCCNc1cc(NC(C)C(=O)NC)ccn1. The molecule has 3 N–H and O–H groups in total. The molecule has 0 aromatic carbocycles. The number of carbonyl (C=O) groups is 1. The first-order valence-electron chi connectivity index (χ1n) is 5.85. The summed E-state index contributed by atoms with van der Waals surface area (Å²) in [4.78, 5) is 15.6. The van der Waals surface area contributed by atoms with Crippen LogP contribution in [0.5, 0.6) is 0 Å². The van der Waals surface area contributed by atoms with E-state index in [-0.39, 0.29) is 11.9 Å². The van der Waals surface area contributed by atoms with E-state index in [0.29, 0.717) is 0 Å². The molecule has 0 aliphatic heterocycles. The fraction of sp³-hybridized carbons (Fsp3) is 0.500. The zero-order chi connectivity index (χ0) is 12.7. The van der Waals surface area contributed by atoms with E-state index in [9.17, 15) is 4.79 Å². The van der Waals surface area contributed by atoms with Gasteiger partial charge in [-0.1, -0.05) is 6.92 Å². The number of nitrogens with one attached hydrogen (secondary N) is 3. The number of pyridine rings is 1. The molecule has 1 heterocycles. The summed E-state index contributed by atoms with van der Waals surface area (Å²) in [5.41, 5.74) is 0.884. The van der Waals surface area contributed by atoms with Crippen molar-refractivity contribution in [1.82, 2.24) is 10.3 Å². The standard InChI is InChI=1S/C12H20N4O/c1-4-6-14-11-8-10(5-7-15-11)16-9(2)12(17)13-3/h5,7-9H,4,6H2,1-3H3,(H,13,17)(H2,14,15,16). The van der Waals surface area contributed by atoms with Crippen molar-refractivity contribution in [3.8, 4) is 0 Å². The van der Waals surface area contributed by atoms with Crippen molar-refractivity contribution in [2.24, 2.45) is 0 Å². The van der Waals surface area contributed by atoms with Crippen LogP contribution in [0.25, 0.3) is 0 Å². The van der Waals surface area contributed by atoms with Crippen LogP contribution in [0.1, 0.15) is 20.3 Å². The number of aromatic nitrogens is 1. The molecule has 1 aromatic rings. The van der Waals surface area contributed by atoms with E-state index in [1.807, 2.05) is 19.1 Å². The van der Waals surface area contributed by atoms with Crippen LogP contribution in [0.15, 0.2) is 18.3 Å². The van der Waals surface area contributed by atoms with Crippen molar-refractivity contribution in [3.05, 3.63) is 18.3 Å². The summed E-state index contributed by atoms with van der Waals surface area (Å²) in [5.74, 6) is 0.783. The Bertz CT molecular complexity index is 367. The highest BCUT2D eigenvalue weighted by molar-refractivity contribution is 5.83. The Balaban J connectivity index is 2.62. The third-order valence-corrected chi connectivity index (χ3v) is 2.34. The van der Waals surface area contributed by atoms with Crippen LogP contribution < -0.4 is 16.0 Å². The number of amides is 1. The first-order valence-corrected chi connectivity index (χ1v) is 5.85. The van der Waals surface area contributed by atoms with Crippen LogP contribution in [-0.4, -0.2) is 30.5 Å². The molecule has 1 rings (SSSR count). The lowest BCUT2D eigenvalue weighted by Gasteiger charge is -2.14. The largest absolute Gasteiger partial charge is 0.374 e. The summed E-state index contributed by atoms with van der Waals surface area (Å²) in [6, 6.07) is 3.48. The van der Waals surface area contributed by atoms with Crippen molar-refractivity contribution in [2.75, 3.05) is 24.2 Å². The van der Waals surface area contributed by atoms with Gasteiger partial charge in [-0.3, -0.25) is 4.79 Å². The van der Waals surface area contributed by atoms with E-state index in [0.717, 1.165) is 24.5 Å². The van der Waals surface area contributed by atoms with Crippen molar-refractivity contribution in [3.63, 3.8) is 0 Å². The molecule has 0 saturated carbocycles. The number of carbonyl (C=O) groups excluding carboxylic acids is 1. The monoisotopic (exact) mass is 236 g/mol. The second kappa shape index (κ2) is 6.73. The predicted octanol–water partition coefficient (Wildman–Crippen LogP) is 1.45. The molecule has 1 unspecified atom stereocenters. The van der Waals surface area contributed by atoms with Gasteiger partial charge in [0.1, 0.15) is 11.9 Å². The smallest absolute Gasteiger partial charge is 0.241 e. The highest BCUT2D eigenvalue weighted by atomic mass is 16.2. The quantitative estimate of drug-likeness (QED) is 0.699. The van der Waals surface area contributed by atoms with Crippen molar-refractivity contribution in [1.29, 1.82) is 0 Å². The molecule has 1 atom stereocenters. The van der Waals surface area contributed by atoms with Gasteiger partial charge in [0.2, 0.25) is 5.91 Å². The number of hydrogen-bond donors (Lipinski definition) is 3. The molecule has 0 aliphatic carbocycles. The number of likely N-dealkylation sites (N-methyl/N-ethyl adjacent to an activating group) is 1. The van der Waals surface area contributed by atoms with E-state index in [1.165, 1.54) is 0 Å². The highest BCUT2D eigenvalue weighted by Crippen LogP contribution is 2.12. The van der Waals surface area contributed by atoms with Crippen LogP contribution in [0.4, 0.5) is 11.5 Å². The predicted molar refractivity (Wildman–Crippen MR) is 70.2 cm³/mol. The van der Waals surface area contributed by atoms with Gasteiger partial charge in [-0.05, 0) is 19.4 Å². The lowest BCUT2D eigenvalue weighted by Crippen LogP contribution is -2.35. The molecule has 17 heavy (non-hydrogen) atoms. The number of nitrogens with zero attached hydrogens (tertiary/aromatic N) is 1. The lowest BCUT2D eigenvalue weighted by molar-refractivity contribution is -0.121. The Labute approximate surface area is 102 Å². The van der Waals surface area contributed by atoms with E-state index in [4.69, 9.17) is 0 Å². The summed E-state index contributed by atoms with van der Waals surface area (Å²) in [5, 5.41) is 8.92. The summed E-state index contributed by atoms with van der Waals surface area (Å²) in [6.45, 7) is 4.81. The van der Waals surface area contributed by atoms with Gasteiger partial charge in [0.15, 0.2) is 0 Å². The minimum atomic E-state index is -0.263. The molecule has 0 spiro atoms. The molecule has 1 aromatic heterocycles. The van der Waals surface area contributed by atoms with Gasteiger partial charge in [-0.2, -0.15) is 0 Å². The third-order valence-electron chi connectivity index (χ3n) is 2.34. The summed E-state index contributed by atoms with van der Waals surface area (Å²) < 4.78 is 0. The number of rotatable bonds is 6. The Morgan fingerprint density at radius 3 is 2.94 bits per heavy atom. The minimum Gasteiger partial charge on any atom is -0.374 e. The van der Waals surface area contributed by atoms with E-state index >= 15 is 0 Å². The molecule has 94 valence electrons. The van der Waals surface area contributed by atoms with Crippen LogP contribution in [-0.2, 0) is 4.79 Å².